The zero-order valence-corrected chi connectivity index (χ0v) is 30.0. The summed E-state index contributed by atoms with van der Waals surface area (Å²) in [6.07, 6.45) is 1.83. The molecule has 1 unspecified atom stereocenters. The largest absolute Gasteiger partial charge is 0.481 e. The van der Waals surface area contributed by atoms with E-state index in [2.05, 4.69) is 16.1 Å². The van der Waals surface area contributed by atoms with Crippen LogP contribution in [0, 0.1) is 29.6 Å². The van der Waals surface area contributed by atoms with E-state index >= 15 is 0 Å². The van der Waals surface area contributed by atoms with Gasteiger partial charge in [-0.15, -0.1) is 0 Å². The lowest BCUT2D eigenvalue weighted by molar-refractivity contribution is -0.150. The second-order valence-corrected chi connectivity index (χ2v) is 13.6. The molecule has 1 aromatic carbocycles. The van der Waals surface area contributed by atoms with Gasteiger partial charge in [-0.3, -0.25) is 30.3 Å². The fourth-order valence-electron chi connectivity index (χ4n) is 6.39. The van der Waals surface area contributed by atoms with Crippen LogP contribution in [0.5, 0.6) is 0 Å². The van der Waals surface area contributed by atoms with Crippen molar-refractivity contribution in [3.63, 3.8) is 0 Å². The molecule has 15 heteroatoms. The van der Waals surface area contributed by atoms with E-state index in [-0.39, 0.29) is 30.5 Å². The minimum Gasteiger partial charge on any atom is -0.481 e. The van der Waals surface area contributed by atoms with Gasteiger partial charge in [0.2, 0.25) is 0 Å². The molecule has 7 N–H and O–H groups in total. The predicted octanol–water partition coefficient (Wildman–Crippen LogP) is 2.70. The number of hydrogen-bond acceptors (Lipinski definition) is 11. The lowest BCUT2D eigenvalue weighted by Crippen LogP contribution is -2.61. The van der Waals surface area contributed by atoms with Gasteiger partial charge in [-0.2, -0.15) is 0 Å². The third kappa shape index (κ3) is 12.4. The molecule has 0 aliphatic heterocycles. The number of nitrogens with zero attached hydrogens (tertiary/aromatic N) is 1. The number of alkyl carbamates (subject to hydrolysis) is 2. The van der Waals surface area contributed by atoms with Gasteiger partial charge in [-0.1, -0.05) is 77.3 Å². The summed E-state index contributed by atoms with van der Waals surface area (Å²) < 4.78 is 9.46. The summed E-state index contributed by atoms with van der Waals surface area (Å²) in [7, 11) is 2.30. The number of ether oxygens (including phenoxy) is 2. The average molecular weight is 706 g/mol. The number of Topliss-reactive ketones (excluding diaryl/α,β-unsaturated/α-hetero) is 2. The van der Waals surface area contributed by atoms with Crippen molar-refractivity contribution in [1.82, 2.24) is 21.1 Å². The molecule has 1 saturated carbocycles. The van der Waals surface area contributed by atoms with Crippen LogP contribution in [0.2, 0.25) is 0 Å². The highest BCUT2D eigenvalue weighted by atomic mass is 16.5. The van der Waals surface area contributed by atoms with E-state index in [4.69, 9.17) is 15.2 Å². The van der Waals surface area contributed by atoms with Crippen LogP contribution in [-0.2, 0) is 34.4 Å². The number of aliphatic hydroxyl groups is 1. The Labute approximate surface area is 294 Å². The number of benzene rings is 1. The molecular weight excluding hydrogens is 650 g/mol. The number of hydrogen-bond donors (Lipinski definition) is 6. The van der Waals surface area contributed by atoms with Gasteiger partial charge < -0.3 is 30.3 Å². The fraction of sp³-hybridized carbons (Fsp3) is 0.657. The van der Waals surface area contributed by atoms with Crippen LogP contribution < -0.4 is 21.8 Å². The lowest BCUT2D eigenvalue weighted by atomic mass is 9.71. The standard InChI is InChI=1S/C35H55N5O10/c1-21(2)29(37-33(46)49-5)31(44)28(35(36,48)24-15-11-8-12-16-24)25(26(41)17-18-27(42)43)20-40(19-23-13-9-7-10-14-23)39-32(45)30(22(3)4)38-34(47)50-6/h8,11-12,15-16,21-23,25,28-30,48H,7,9-10,13-14,17-20,36H2,1-6H3,(H,37,46)(H,38,47)(H,39,45)(H,42,43)/t25-,28-,29+,30+,35?/m1/s1. The summed E-state index contributed by atoms with van der Waals surface area (Å²) in [5.74, 6) is -7.40. The number of carbonyl (C=O) groups excluding carboxylic acids is 5. The van der Waals surface area contributed by atoms with Crippen molar-refractivity contribution in [2.45, 2.75) is 90.4 Å². The first-order valence-electron chi connectivity index (χ1n) is 17.1. The van der Waals surface area contributed by atoms with E-state index in [0.29, 0.717) is 0 Å². The van der Waals surface area contributed by atoms with E-state index in [0.717, 1.165) is 39.2 Å². The third-order valence-corrected chi connectivity index (χ3v) is 9.15. The molecule has 0 bridgehead atoms. The van der Waals surface area contributed by atoms with Gasteiger partial charge in [0, 0.05) is 25.4 Å². The zero-order valence-electron chi connectivity index (χ0n) is 30.0. The Morgan fingerprint density at radius 3 is 1.92 bits per heavy atom. The maximum Gasteiger partial charge on any atom is 0.407 e. The summed E-state index contributed by atoms with van der Waals surface area (Å²) in [6.45, 7) is 6.67. The molecule has 0 heterocycles. The first kappa shape index (κ1) is 42.1. The SMILES string of the molecule is COC(=O)N[C@H](C(=O)NN(CC1CCCCC1)C[C@H](C(=O)CCC(=O)O)[C@H](C(=O)[C@@H](NC(=O)OC)C(C)C)C(N)(O)c1ccccc1)C(C)C. The summed E-state index contributed by atoms with van der Waals surface area (Å²) in [4.78, 5) is 78.7. The van der Waals surface area contributed by atoms with E-state index < -0.39 is 84.0 Å². The smallest absolute Gasteiger partial charge is 0.407 e. The Balaban J connectivity index is 2.76. The number of aliphatic carboxylic acids is 1. The summed E-state index contributed by atoms with van der Waals surface area (Å²) in [5, 5.41) is 28.1. The van der Waals surface area contributed by atoms with Crippen molar-refractivity contribution >= 4 is 35.6 Å². The van der Waals surface area contributed by atoms with Crippen LogP contribution in [0.15, 0.2) is 30.3 Å². The quantitative estimate of drug-likeness (QED) is 0.0902. The van der Waals surface area contributed by atoms with E-state index in [9.17, 15) is 39.0 Å². The number of carboxylic acids is 1. The number of carbonyl (C=O) groups is 6. The topological polar surface area (TPSA) is 227 Å². The monoisotopic (exact) mass is 705 g/mol. The maximum absolute atomic E-state index is 14.6. The van der Waals surface area contributed by atoms with Crippen LogP contribution in [0.1, 0.15) is 78.2 Å². The van der Waals surface area contributed by atoms with Crippen LogP contribution in [0.25, 0.3) is 0 Å². The van der Waals surface area contributed by atoms with Crippen molar-refractivity contribution in [2.75, 3.05) is 27.3 Å². The van der Waals surface area contributed by atoms with Crippen molar-refractivity contribution in [2.24, 2.45) is 35.3 Å². The number of ketones is 2. The molecular formula is C35H55N5O10. The molecule has 1 fully saturated rings. The minimum atomic E-state index is -2.50. The van der Waals surface area contributed by atoms with Gasteiger partial charge >= 0.3 is 18.2 Å². The maximum atomic E-state index is 14.6. The third-order valence-electron chi connectivity index (χ3n) is 9.15. The van der Waals surface area contributed by atoms with Crippen molar-refractivity contribution in [1.29, 1.82) is 0 Å². The molecule has 3 amide bonds. The van der Waals surface area contributed by atoms with E-state index in [1.807, 2.05) is 0 Å². The van der Waals surface area contributed by atoms with Crippen LogP contribution in [0.3, 0.4) is 0 Å². The molecule has 5 atom stereocenters. The second-order valence-electron chi connectivity index (χ2n) is 13.6. The number of amides is 3. The Kier molecular flexibility index (Phi) is 16.8. The number of nitrogens with one attached hydrogen (secondary N) is 3. The molecule has 0 aromatic heterocycles. The number of methoxy groups -OCH3 is 2. The van der Waals surface area contributed by atoms with Crippen molar-refractivity contribution in [3.8, 4) is 0 Å². The fourth-order valence-corrected chi connectivity index (χ4v) is 6.39. The molecule has 0 radical (unpaired) electrons. The van der Waals surface area contributed by atoms with Gasteiger partial charge in [-0.25, -0.2) is 14.6 Å². The van der Waals surface area contributed by atoms with E-state index in [1.165, 1.54) is 24.3 Å². The highest BCUT2D eigenvalue weighted by Crippen LogP contribution is 2.35. The molecule has 50 heavy (non-hydrogen) atoms. The Morgan fingerprint density at radius 2 is 1.42 bits per heavy atom. The van der Waals surface area contributed by atoms with Gasteiger partial charge in [0.1, 0.15) is 17.6 Å². The average Bonchev–Trinajstić information content (AvgIpc) is 3.07. The van der Waals surface area contributed by atoms with Crippen molar-refractivity contribution < 1.29 is 48.5 Å². The Bertz CT molecular complexity index is 1300. The molecule has 0 spiro atoms. The minimum absolute atomic E-state index is 0.0920. The first-order chi connectivity index (χ1) is 23.5. The van der Waals surface area contributed by atoms with Gasteiger partial charge in [-0.05, 0) is 36.2 Å². The van der Waals surface area contributed by atoms with Gasteiger partial charge in [0.05, 0.1) is 32.6 Å². The predicted molar refractivity (Wildman–Crippen MR) is 183 cm³/mol. The van der Waals surface area contributed by atoms with Crippen LogP contribution >= 0.6 is 0 Å². The van der Waals surface area contributed by atoms with E-state index in [1.54, 1.807) is 45.9 Å². The highest BCUT2D eigenvalue weighted by molar-refractivity contribution is 5.96. The summed E-state index contributed by atoms with van der Waals surface area (Å²) >= 11 is 0. The number of rotatable bonds is 19. The molecule has 1 aliphatic carbocycles. The van der Waals surface area contributed by atoms with Gasteiger partial charge in [0.25, 0.3) is 5.91 Å². The molecule has 2 rings (SSSR count). The highest BCUT2D eigenvalue weighted by Gasteiger charge is 2.50. The molecule has 1 aromatic rings. The first-order valence-corrected chi connectivity index (χ1v) is 17.1. The normalized spacial score (nSPS) is 17.2. The number of nitrogens with two attached hydrogens (primary N) is 1. The zero-order chi connectivity index (χ0) is 37.6. The lowest BCUT2D eigenvalue weighted by Gasteiger charge is -2.41. The Morgan fingerprint density at radius 1 is 0.880 bits per heavy atom. The van der Waals surface area contributed by atoms with Crippen LogP contribution in [0.4, 0.5) is 9.59 Å². The second kappa shape index (κ2) is 19.9. The summed E-state index contributed by atoms with van der Waals surface area (Å²) in [5.41, 5.74) is 7.09. The summed E-state index contributed by atoms with van der Waals surface area (Å²) in [6, 6.07) is 5.53. The number of hydrazine groups is 1. The molecule has 1 aliphatic rings. The molecule has 0 saturated heterocycles. The molecule has 280 valence electrons. The van der Waals surface area contributed by atoms with Crippen LogP contribution in [-0.4, -0.2) is 90.2 Å². The molecule has 15 nitrogen and oxygen atoms in total. The van der Waals surface area contributed by atoms with Crippen molar-refractivity contribution in [3.05, 3.63) is 35.9 Å². The number of carboxylic acid groups (broad SMARTS) is 1. The Hall–Kier alpha value is -4.08. The van der Waals surface area contributed by atoms with Gasteiger partial charge in [0.15, 0.2) is 5.78 Å².